The van der Waals surface area contributed by atoms with Gasteiger partial charge >= 0.3 is 0 Å². The molecule has 0 fully saturated rings. The predicted molar refractivity (Wildman–Crippen MR) is 123 cm³/mol. The summed E-state index contributed by atoms with van der Waals surface area (Å²) in [6.07, 6.45) is 3.36. The zero-order chi connectivity index (χ0) is 21.3. The molecule has 0 bridgehead atoms. The highest BCUT2D eigenvalue weighted by atomic mass is 16.1. The predicted octanol–water partition coefficient (Wildman–Crippen LogP) is 5.27. The van der Waals surface area contributed by atoms with E-state index in [9.17, 15) is 4.79 Å². The molecule has 30 heavy (non-hydrogen) atoms. The minimum Gasteiger partial charge on any atom is -0.323 e. The number of nitrogens with one attached hydrogen (secondary N) is 1. The third kappa shape index (κ3) is 6.16. The summed E-state index contributed by atoms with van der Waals surface area (Å²) >= 11 is 0. The van der Waals surface area contributed by atoms with Crippen molar-refractivity contribution in [3.8, 4) is 17.2 Å². The fraction of sp³-hybridized carbons (Fsp3) is 0.154. The van der Waals surface area contributed by atoms with Crippen LogP contribution < -0.4 is 5.32 Å². The Kier molecular flexibility index (Phi) is 7.15. The van der Waals surface area contributed by atoms with Gasteiger partial charge in [0.25, 0.3) is 0 Å². The minimum atomic E-state index is -0.176. The minimum absolute atomic E-state index is 0.176. The van der Waals surface area contributed by atoms with Gasteiger partial charge in [-0.05, 0) is 60.5 Å². The lowest BCUT2D eigenvalue weighted by Crippen LogP contribution is -2.17. The Labute approximate surface area is 178 Å². The van der Waals surface area contributed by atoms with Crippen LogP contribution in [0.1, 0.15) is 16.7 Å². The normalized spacial score (nSPS) is 10.9. The van der Waals surface area contributed by atoms with Gasteiger partial charge in [-0.15, -0.1) is 0 Å². The number of nitrogens with zero attached hydrogens (tertiary/aromatic N) is 2. The first-order valence-electron chi connectivity index (χ1n) is 9.84. The van der Waals surface area contributed by atoms with E-state index in [4.69, 9.17) is 5.26 Å². The van der Waals surface area contributed by atoms with E-state index in [2.05, 4.69) is 54.7 Å². The lowest BCUT2D eigenvalue weighted by Gasteiger charge is -2.12. The van der Waals surface area contributed by atoms with Crippen molar-refractivity contribution in [1.29, 1.82) is 5.26 Å². The van der Waals surface area contributed by atoms with Crippen LogP contribution in [0.4, 0.5) is 5.69 Å². The molecule has 3 aromatic carbocycles. The number of nitriles is 1. The zero-order valence-corrected chi connectivity index (χ0v) is 17.3. The second-order valence-electron chi connectivity index (χ2n) is 7.34. The highest BCUT2D eigenvalue weighted by Gasteiger charge is 2.02. The number of rotatable bonds is 7. The van der Waals surface area contributed by atoms with E-state index >= 15 is 0 Å². The topological polar surface area (TPSA) is 56.1 Å². The summed E-state index contributed by atoms with van der Waals surface area (Å²) in [7, 11) is 1.90. The zero-order valence-electron chi connectivity index (χ0n) is 17.3. The number of carbonyl (C=O) groups is 1. The standard InChI is InChI=1S/C26H25N3O/c1-20-6-11-23(12-7-20)24-5-3-4-21(18-24)10-15-26(30)28-25-13-8-22(9-14-25)19-29(2)17-16-27/h3-15,18H,17,19H2,1-2H3,(H,28,30)/b15-10+. The molecule has 0 aliphatic heterocycles. The monoisotopic (exact) mass is 395 g/mol. The molecule has 0 aliphatic rings. The third-order valence-electron chi connectivity index (χ3n) is 4.71. The number of benzene rings is 3. The average molecular weight is 396 g/mol. The Morgan fingerprint density at radius 1 is 1.03 bits per heavy atom. The quantitative estimate of drug-likeness (QED) is 0.438. The highest BCUT2D eigenvalue weighted by molar-refractivity contribution is 6.02. The Morgan fingerprint density at radius 3 is 2.47 bits per heavy atom. The first-order chi connectivity index (χ1) is 14.5. The molecule has 1 N–H and O–H groups in total. The average Bonchev–Trinajstić information content (AvgIpc) is 2.75. The van der Waals surface area contributed by atoms with Crippen LogP contribution in [-0.2, 0) is 11.3 Å². The number of hydrogen-bond donors (Lipinski definition) is 1. The summed E-state index contributed by atoms with van der Waals surface area (Å²) < 4.78 is 0. The van der Waals surface area contributed by atoms with Crippen LogP contribution in [0.3, 0.4) is 0 Å². The number of amides is 1. The molecule has 4 nitrogen and oxygen atoms in total. The van der Waals surface area contributed by atoms with Gasteiger partial charge in [0.2, 0.25) is 5.91 Å². The molecule has 0 unspecified atom stereocenters. The summed E-state index contributed by atoms with van der Waals surface area (Å²) in [6, 6.07) is 26.3. The second-order valence-corrected chi connectivity index (χ2v) is 7.34. The van der Waals surface area contributed by atoms with Gasteiger partial charge in [-0.25, -0.2) is 0 Å². The van der Waals surface area contributed by atoms with Crippen molar-refractivity contribution in [3.63, 3.8) is 0 Å². The number of hydrogen-bond acceptors (Lipinski definition) is 3. The van der Waals surface area contributed by atoms with E-state index in [1.54, 1.807) is 6.08 Å². The lowest BCUT2D eigenvalue weighted by molar-refractivity contribution is -0.111. The molecule has 0 radical (unpaired) electrons. The van der Waals surface area contributed by atoms with E-state index in [0.29, 0.717) is 13.1 Å². The van der Waals surface area contributed by atoms with Crippen LogP contribution >= 0.6 is 0 Å². The SMILES string of the molecule is Cc1ccc(-c2cccc(/C=C/C(=O)Nc3ccc(CN(C)CC#N)cc3)c2)cc1. The highest BCUT2D eigenvalue weighted by Crippen LogP contribution is 2.21. The van der Waals surface area contributed by atoms with Crippen molar-refractivity contribution in [1.82, 2.24) is 4.90 Å². The van der Waals surface area contributed by atoms with Crippen molar-refractivity contribution in [3.05, 3.63) is 95.6 Å². The largest absolute Gasteiger partial charge is 0.323 e. The van der Waals surface area contributed by atoms with E-state index < -0.39 is 0 Å². The number of anilines is 1. The van der Waals surface area contributed by atoms with Crippen molar-refractivity contribution in [2.75, 3.05) is 18.9 Å². The maximum atomic E-state index is 12.3. The number of aryl methyl sites for hydroxylation is 1. The lowest BCUT2D eigenvalue weighted by atomic mass is 10.0. The molecule has 0 atom stereocenters. The molecule has 0 heterocycles. The summed E-state index contributed by atoms with van der Waals surface area (Å²) in [5.41, 5.74) is 6.31. The van der Waals surface area contributed by atoms with Crippen molar-refractivity contribution < 1.29 is 4.79 Å². The van der Waals surface area contributed by atoms with Gasteiger partial charge in [0.15, 0.2) is 0 Å². The second kappa shape index (κ2) is 10.2. The molecular formula is C26H25N3O. The summed E-state index contributed by atoms with van der Waals surface area (Å²) in [5, 5.41) is 11.6. The Balaban J connectivity index is 1.60. The number of carbonyl (C=O) groups excluding carboxylic acids is 1. The van der Waals surface area contributed by atoms with Gasteiger partial charge < -0.3 is 5.32 Å². The van der Waals surface area contributed by atoms with Gasteiger partial charge in [0, 0.05) is 18.3 Å². The van der Waals surface area contributed by atoms with Crippen LogP contribution in [-0.4, -0.2) is 24.4 Å². The van der Waals surface area contributed by atoms with E-state index in [1.165, 1.54) is 5.56 Å². The van der Waals surface area contributed by atoms with Crippen LogP contribution in [0.2, 0.25) is 0 Å². The van der Waals surface area contributed by atoms with Gasteiger partial charge in [-0.3, -0.25) is 9.69 Å². The first-order valence-corrected chi connectivity index (χ1v) is 9.84. The fourth-order valence-corrected chi connectivity index (χ4v) is 3.11. The van der Waals surface area contributed by atoms with Crippen LogP contribution in [0.25, 0.3) is 17.2 Å². The van der Waals surface area contributed by atoms with Crippen LogP contribution in [0.15, 0.2) is 78.9 Å². The van der Waals surface area contributed by atoms with Crippen molar-refractivity contribution >= 4 is 17.7 Å². The maximum Gasteiger partial charge on any atom is 0.248 e. The molecule has 3 aromatic rings. The fourth-order valence-electron chi connectivity index (χ4n) is 3.11. The molecule has 0 saturated carbocycles. The molecule has 0 saturated heterocycles. The Morgan fingerprint density at radius 2 is 1.77 bits per heavy atom. The molecule has 4 heteroatoms. The summed E-state index contributed by atoms with van der Waals surface area (Å²) in [4.78, 5) is 14.2. The molecule has 150 valence electrons. The van der Waals surface area contributed by atoms with E-state index in [1.807, 2.05) is 54.4 Å². The van der Waals surface area contributed by atoms with Gasteiger partial charge in [-0.1, -0.05) is 60.2 Å². The van der Waals surface area contributed by atoms with Gasteiger partial charge in [0.1, 0.15) is 0 Å². The maximum absolute atomic E-state index is 12.3. The van der Waals surface area contributed by atoms with Gasteiger partial charge in [-0.2, -0.15) is 5.26 Å². The molecule has 0 aromatic heterocycles. The molecule has 1 amide bonds. The first kappa shape index (κ1) is 21.0. The Hall–Kier alpha value is -3.68. The molecule has 0 spiro atoms. The van der Waals surface area contributed by atoms with E-state index in [-0.39, 0.29) is 5.91 Å². The Bertz CT molecular complexity index is 1060. The third-order valence-corrected chi connectivity index (χ3v) is 4.71. The van der Waals surface area contributed by atoms with E-state index in [0.717, 1.165) is 27.9 Å². The van der Waals surface area contributed by atoms with Crippen molar-refractivity contribution in [2.45, 2.75) is 13.5 Å². The molecule has 3 rings (SSSR count). The van der Waals surface area contributed by atoms with Gasteiger partial charge in [0.05, 0.1) is 12.6 Å². The molecular weight excluding hydrogens is 370 g/mol. The van der Waals surface area contributed by atoms with Crippen LogP contribution in [0, 0.1) is 18.3 Å². The van der Waals surface area contributed by atoms with Crippen LogP contribution in [0.5, 0.6) is 0 Å². The van der Waals surface area contributed by atoms with Crippen molar-refractivity contribution in [2.24, 2.45) is 0 Å². The summed E-state index contributed by atoms with van der Waals surface area (Å²) in [6.45, 7) is 3.15. The smallest absolute Gasteiger partial charge is 0.248 e. The molecule has 0 aliphatic carbocycles. The summed E-state index contributed by atoms with van der Waals surface area (Å²) in [5.74, 6) is -0.176.